The number of carbonyl (C=O) groups excluding carboxylic acids is 1. The van der Waals surface area contributed by atoms with Crippen LogP contribution in [0.5, 0.6) is 0 Å². The lowest BCUT2D eigenvalue weighted by Gasteiger charge is -2.17. The van der Waals surface area contributed by atoms with Crippen molar-refractivity contribution in [1.29, 1.82) is 0 Å². The van der Waals surface area contributed by atoms with Crippen molar-refractivity contribution in [2.45, 2.75) is 46.0 Å². The van der Waals surface area contributed by atoms with Gasteiger partial charge in [0.2, 0.25) is 0 Å². The van der Waals surface area contributed by atoms with E-state index >= 15 is 0 Å². The minimum Gasteiger partial charge on any atom is -0.309 e. The third-order valence-electron chi connectivity index (χ3n) is 4.64. The van der Waals surface area contributed by atoms with Crippen LogP contribution in [0.25, 0.3) is 0 Å². The molecule has 0 amide bonds. The van der Waals surface area contributed by atoms with Crippen LogP contribution >= 0.6 is 12.4 Å². The highest BCUT2D eigenvalue weighted by molar-refractivity contribution is 5.99. The molecule has 1 aliphatic rings. The number of Topliss-reactive ketones (excluding diaryl/α,β-unsaturated/α-hetero) is 1. The summed E-state index contributed by atoms with van der Waals surface area (Å²) in [6.07, 6.45) is 5.07. The molecule has 3 heteroatoms. The maximum Gasteiger partial charge on any atom is 0.163 e. The number of carbonyl (C=O) groups is 1. The maximum atomic E-state index is 12.5. The SMILES string of the molecule is CC(C)Cc1ccc(C(C)CC2=CCC(CN(C)C)C2=O)cc1.Cl. The number of rotatable bonds is 7. The molecule has 0 radical (unpaired) electrons. The van der Waals surface area contributed by atoms with Crippen molar-refractivity contribution in [3.63, 3.8) is 0 Å². The van der Waals surface area contributed by atoms with Crippen LogP contribution in [-0.4, -0.2) is 31.3 Å². The molecule has 0 spiro atoms. The zero-order valence-corrected chi connectivity index (χ0v) is 16.5. The number of benzene rings is 1. The number of hydrogen-bond donors (Lipinski definition) is 0. The first-order valence-electron chi connectivity index (χ1n) is 8.83. The van der Waals surface area contributed by atoms with Crippen molar-refractivity contribution in [3.05, 3.63) is 47.0 Å². The Balaban J connectivity index is 0.00000288. The smallest absolute Gasteiger partial charge is 0.163 e. The molecule has 1 aromatic carbocycles. The summed E-state index contributed by atoms with van der Waals surface area (Å²) in [5.74, 6) is 1.62. The van der Waals surface area contributed by atoms with Gasteiger partial charge in [0.05, 0.1) is 0 Å². The molecule has 0 aromatic heterocycles. The van der Waals surface area contributed by atoms with Gasteiger partial charge >= 0.3 is 0 Å². The lowest BCUT2D eigenvalue weighted by Crippen LogP contribution is -2.25. The fourth-order valence-electron chi connectivity index (χ4n) is 3.44. The predicted molar refractivity (Wildman–Crippen MR) is 105 cm³/mol. The molecule has 2 unspecified atom stereocenters. The number of hydrogen-bond acceptors (Lipinski definition) is 2. The van der Waals surface area contributed by atoms with Gasteiger partial charge in [-0.05, 0) is 61.9 Å². The monoisotopic (exact) mass is 349 g/mol. The van der Waals surface area contributed by atoms with Crippen molar-refractivity contribution in [1.82, 2.24) is 4.90 Å². The Morgan fingerprint density at radius 1 is 1.08 bits per heavy atom. The molecular weight excluding hydrogens is 318 g/mol. The molecule has 0 fully saturated rings. The molecule has 24 heavy (non-hydrogen) atoms. The second-order valence-electron chi connectivity index (χ2n) is 7.73. The first kappa shape index (κ1) is 20.9. The van der Waals surface area contributed by atoms with Gasteiger partial charge in [0.1, 0.15) is 0 Å². The summed E-state index contributed by atoms with van der Waals surface area (Å²) < 4.78 is 0. The number of nitrogens with zero attached hydrogens (tertiary/aromatic N) is 1. The molecule has 134 valence electrons. The zero-order chi connectivity index (χ0) is 17.0. The normalized spacial score (nSPS) is 18.7. The lowest BCUT2D eigenvalue weighted by atomic mass is 9.90. The molecule has 1 aliphatic carbocycles. The molecular formula is C21H32ClNO. The number of ketones is 1. The van der Waals surface area contributed by atoms with Crippen LogP contribution in [-0.2, 0) is 11.2 Å². The minimum atomic E-state index is 0. The topological polar surface area (TPSA) is 20.3 Å². The summed E-state index contributed by atoms with van der Waals surface area (Å²) in [4.78, 5) is 14.6. The van der Waals surface area contributed by atoms with Gasteiger partial charge in [-0.15, -0.1) is 12.4 Å². The predicted octanol–water partition coefficient (Wildman–Crippen LogP) is 4.88. The van der Waals surface area contributed by atoms with Gasteiger partial charge in [-0.1, -0.05) is 51.1 Å². The minimum absolute atomic E-state index is 0. The molecule has 1 aromatic rings. The molecule has 2 rings (SSSR count). The van der Waals surface area contributed by atoms with Crippen LogP contribution in [0.3, 0.4) is 0 Å². The van der Waals surface area contributed by atoms with E-state index in [0.717, 1.165) is 31.4 Å². The van der Waals surface area contributed by atoms with Gasteiger partial charge in [-0.25, -0.2) is 0 Å². The van der Waals surface area contributed by atoms with Crippen LogP contribution in [0, 0.1) is 11.8 Å². The van der Waals surface area contributed by atoms with Gasteiger partial charge < -0.3 is 4.90 Å². The van der Waals surface area contributed by atoms with Crippen LogP contribution in [0.4, 0.5) is 0 Å². The van der Waals surface area contributed by atoms with E-state index in [0.29, 0.717) is 17.6 Å². The lowest BCUT2D eigenvalue weighted by molar-refractivity contribution is -0.118. The Morgan fingerprint density at radius 2 is 1.71 bits per heavy atom. The average molecular weight is 350 g/mol. The molecule has 0 bridgehead atoms. The quantitative estimate of drug-likeness (QED) is 0.699. The van der Waals surface area contributed by atoms with E-state index in [9.17, 15) is 4.79 Å². The summed E-state index contributed by atoms with van der Waals surface area (Å²) >= 11 is 0. The highest BCUT2D eigenvalue weighted by Crippen LogP contribution is 2.30. The largest absolute Gasteiger partial charge is 0.309 e. The van der Waals surface area contributed by atoms with E-state index in [-0.39, 0.29) is 18.3 Å². The van der Waals surface area contributed by atoms with Crippen LogP contribution in [0.15, 0.2) is 35.9 Å². The summed E-state index contributed by atoms with van der Waals surface area (Å²) in [5.41, 5.74) is 3.77. The van der Waals surface area contributed by atoms with E-state index in [4.69, 9.17) is 0 Å². The fourth-order valence-corrected chi connectivity index (χ4v) is 3.44. The first-order valence-corrected chi connectivity index (χ1v) is 8.83. The Kier molecular flexibility index (Phi) is 8.18. The third-order valence-corrected chi connectivity index (χ3v) is 4.64. The van der Waals surface area contributed by atoms with Gasteiger partial charge in [0, 0.05) is 12.5 Å². The molecule has 0 saturated carbocycles. The second kappa shape index (κ2) is 9.39. The Morgan fingerprint density at radius 3 is 2.25 bits per heavy atom. The first-order chi connectivity index (χ1) is 10.9. The standard InChI is InChI=1S/C21H31NO.ClH/c1-15(2)12-17-6-8-18(9-7-17)16(3)13-19-10-11-20(21(19)23)14-22(4)5;/h6-10,15-16,20H,11-14H2,1-5H3;1H. The summed E-state index contributed by atoms with van der Waals surface area (Å²) in [5, 5.41) is 0. The molecule has 0 N–H and O–H groups in total. The molecule has 2 nitrogen and oxygen atoms in total. The van der Waals surface area contributed by atoms with E-state index in [1.807, 2.05) is 14.1 Å². The molecule has 0 saturated heterocycles. The van der Waals surface area contributed by atoms with Gasteiger partial charge in [0.25, 0.3) is 0 Å². The Hall–Kier alpha value is -1.12. The zero-order valence-electron chi connectivity index (χ0n) is 15.7. The van der Waals surface area contributed by atoms with E-state index in [1.165, 1.54) is 11.1 Å². The van der Waals surface area contributed by atoms with Crippen LogP contribution < -0.4 is 0 Å². The van der Waals surface area contributed by atoms with Gasteiger partial charge in [-0.2, -0.15) is 0 Å². The van der Waals surface area contributed by atoms with E-state index < -0.39 is 0 Å². The molecule has 2 atom stereocenters. The van der Waals surface area contributed by atoms with Crippen LogP contribution in [0.2, 0.25) is 0 Å². The Bertz CT molecular complexity index is 560. The number of allylic oxidation sites excluding steroid dienone is 2. The van der Waals surface area contributed by atoms with Crippen molar-refractivity contribution in [2.24, 2.45) is 11.8 Å². The third kappa shape index (κ3) is 5.75. The van der Waals surface area contributed by atoms with Gasteiger partial charge in [-0.3, -0.25) is 4.79 Å². The van der Waals surface area contributed by atoms with Crippen molar-refractivity contribution in [2.75, 3.05) is 20.6 Å². The number of halogens is 1. The molecule has 0 heterocycles. The summed E-state index contributed by atoms with van der Waals surface area (Å²) in [7, 11) is 4.07. The highest BCUT2D eigenvalue weighted by Gasteiger charge is 2.28. The summed E-state index contributed by atoms with van der Waals surface area (Å²) in [6.45, 7) is 7.58. The van der Waals surface area contributed by atoms with Gasteiger partial charge in [0.15, 0.2) is 5.78 Å². The second-order valence-corrected chi connectivity index (χ2v) is 7.73. The van der Waals surface area contributed by atoms with E-state index in [2.05, 4.69) is 56.0 Å². The molecule has 0 aliphatic heterocycles. The summed E-state index contributed by atoms with van der Waals surface area (Å²) in [6, 6.07) is 8.95. The van der Waals surface area contributed by atoms with Crippen LogP contribution in [0.1, 0.15) is 50.7 Å². The average Bonchev–Trinajstić information content (AvgIpc) is 2.80. The maximum absolute atomic E-state index is 12.5. The van der Waals surface area contributed by atoms with Crippen molar-refractivity contribution in [3.8, 4) is 0 Å². The van der Waals surface area contributed by atoms with Crippen molar-refractivity contribution >= 4 is 18.2 Å². The fraction of sp³-hybridized carbons (Fsp3) is 0.571. The van der Waals surface area contributed by atoms with Crippen molar-refractivity contribution < 1.29 is 4.79 Å². The highest BCUT2D eigenvalue weighted by atomic mass is 35.5. The Labute approximate surface area is 153 Å². The van der Waals surface area contributed by atoms with E-state index in [1.54, 1.807) is 0 Å².